The zero-order valence-corrected chi connectivity index (χ0v) is 10.2. The van der Waals surface area contributed by atoms with E-state index in [1.807, 2.05) is 13.0 Å². The Bertz CT molecular complexity index is 384. The maximum absolute atomic E-state index is 13.2. The predicted molar refractivity (Wildman–Crippen MR) is 63.1 cm³/mol. The molecule has 1 nitrogen and oxygen atoms in total. The number of hydrogen-bond donors (Lipinski definition) is 0. The predicted octanol–water partition coefficient (Wildman–Crippen LogP) is 4.43. The molecule has 3 heteroatoms. The lowest BCUT2D eigenvalue weighted by molar-refractivity contribution is -0.0418. The Labute approximate surface area is 101 Å². The zero-order valence-electron chi connectivity index (χ0n) is 10.2. The largest absolute Gasteiger partial charge is 0.371 e. The molecule has 17 heavy (non-hydrogen) atoms. The summed E-state index contributed by atoms with van der Waals surface area (Å²) >= 11 is 0. The minimum Gasteiger partial charge on any atom is -0.371 e. The first-order valence-corrected chi connectivity index (χ1v) is 6.10. The fourth-order valence-corrected chi connectivity index (χ4v) is 2.26. The van der Waals surface area contributed by atoms with Crippen molar-refractivity contribution in [2.45, 2.75) is 51.2 Å². The first-order valence-electron chi connectivity index (χ1n) is 6.10. The number of hydrogen-bond acceptors (Lipinski definition) is 1. The molecule has 1 aromatic rings. The van der Waals surface area contributed by atoms with Gasteiger partial charge in [-0.3, -0.25) is 0 Å². The van der Waals surface area contributed by atoms with Crippen molar-refractivity contribution in [3.8, 4) is 0 Å². The molecule has 0 saturated carbocycles. The molecule has 0 aliphatic carbocycles. The molecule has 0 radical (unpaired) electrons. The second-order valence-corrected chi connectivity index (χ2v) is 4.88. The van der Waals surface area contributed by atoms with Gasteiger partial charge >= 0.3 is 0 Å². The molecule has 1 aliphatic rings. The number of benzene rings is 1. The van der Waals surface area contributed by atoms with E-state index in [1.165, 1.54) is 6.07 Å². The van der Waals surface area contributed by atoms with Gasteiger partial charge in [0.25, 0.3) is 5.92 Å². The average Bonchev–Trinajstić information content (AvgIpc) is 2.28. The third-order valence-corrected chi connectivity index (χ3v) is 3.24. The summed E-state index contributed by atoms with van der Waals surface area (Å²) < 4.78 is 32.3. The van der Waals surface area contributed by atoms with Gasteiger partial charge in [-0.25, -0.2) is 8.78 Å². The van der Waals surface area contributed by atoms with E-state index in [2.05, 4.69) is 0 Å². The van der Waals surface area contributed by atoms with Crippen LogP contribution >= 0.6 is 0 Å². The standard InChI is InChI=1S/C14H18F2O/c1-10-5-3-8-13(17-10)11-6-4-7-12(9-11)14(2,15)16/h4,6-7,9-10,13H,3,5,8H2,1-2H3/t10-,13?/m0/s1. The molecule has 0 bridgehead atoms. The van der Waals surface area contributed by atoms with E-state index in [0.717, 1.165) is 31.7 Å². The number of alkyl halides is 2. The molecule has 94 valence electrons. The zero-order chi connectivity index (χ0) is 12.5. The number of ether oxygens (including phenoxy) is 1. The Balaban J connectivity index is 2.21. The van der Waals surface area contributed by atoms with Gasteiger partial charge < -0.3 is 4.74 Å². The molecule has 1 heterocycles. The van der Waals surface area contributed by atoms with E-state index < -0.39 is 5.92 Å². The van der Waals surface area contributed by atoms with E-state index in [9.17, 15) is 8.78 Å². The Morgan fingerprint density at radius 2 is 2.06 bits per heavy atom. The fraction of sp³-hybridized carbons (Fsp3) is 0.571. The molecular formula is C14H18F2O. The first kappa shape index (κ1) is 12.5. The van der Waals surface area contributed by atoms with Gasteiger partial charge in [0.05, 0.1) is 12.2 Å². The van der Waals surface area contributed by atoms with Crippen LogP contribution in [0.15, 0.2) is 24.3 Å². The lowest BCUT2D eigenvalue weighted by Gasteiger charge is -2.28. The quantitative estimate of drug-likeness (QED) is 0.743. The Morgan fingerprint density at radius 3 is 2.71 bits per heavy atom. The topological polar surface area (TPSA) is 9.23 Å². The highest BCUT2D eigenvalue weighted by Crippen LogP contribution is 2.34. The van der Waals surface area contributed by atoms with Gasteiger partial charge in [0, 0.05) is 12.5 Å². The molecule has 2 atom stereocenters. The maximum Gasteiger partial charge on any atom is 0.270 e. The van der Waals surface area contributed by atoms with Crippen LogP contribution < -0.4 is 0 Å². The molecule has 1 saturated heterocycles. The Kier molecular flexibility index (Phi) is 3.48. The van der Waals surface area contributed by atoms with Crippen molar-refractivity contribution >= 4 is 0 Å². The summed E-state index contributed by atoms with van der Waals surface area (Å²) in [6.45, 7) is 2.96. The molecule has 1 fully saturated rings. The molecular weight excluding hydrogens is 222 g/mol. The second kappa shape index (κ2) is 4.73. The van der Waals surface area contributed by atoms with E-state index in [0.29, 0.717) is 0 Å². The van der Waals surface area contributed by atoms with Crippen LogP contribution in [-0.2, 0) is 10.7 Å². The van der Waals surface area contributed by atoms with Gasteiger partial charge in [0.15, 0.2) is 0 Å². The smallest absolute Gasteiger partial charge is 0.270 e. The average molecular weight is 240 g/mol. The lowest BCUT2D eigenvalue weighted by atomic mass is 9.96. The van der Waals surface area contributed by atoms with Gasteiger partial charge in [0.2, 0.25) is 0 Å². The highest BCUT2D eigenvalue weighted by atomic mass is 19.3. The van der Waals surface area contributed by atoms with E-state index in [4.69, 9.17) is 4.74 Å². The van der Waals surface area contributed by atoms with Crippen molar-refractivity contribution in [3.05, 3.63) is 35.4 Å². The molecule has 0 aromatic heterocycles. The summed E-state index contributed by atoms with van der Waals surface area (Å²) in [5.41, 5.74) is 0.937. The van der Waals surface area contributed by atoms with Gasteiger partial charge in [-0.1, -0.05) is 18.2 Å². The van der Waals surface area contributed by atoms with E-state index >= 15 is 0 Å². The third kappa shape index (κ3) is 3.03. The number of rotatable bonds is 2. The van der Waals surface area contributed by atoms with Crippen LogP contribution in [0.3, 0.4) is 0 Å². The summed E-state index contributed by atoms with van der Waals surface area (Å²) in [6.07, 6.45) is 3.27. The molecule has 0 amide bonds. The summed E-state index contributed by atoms with van der Waals surface area (Å²) in [6, 6.07) is 6.60. The van der Waals surface area contributed by atoms with Crippen LogP contribution in [0.5, 0.6) is 0 Å². The fourth-order valence-electron chi connectivity index (χ4n) is 2.26. The van der Waals surface area contributed by atoms with Gasteiger partial charge in [-0.2, -0.15) is 0 Å². The summed E-state index contributed by atoms with van der Waals surface area (Å²) in [4.78, 5) is 0. The third-order valence-electron chi connectivity index (χ3n) is 3.24. The van der Waals surface area contributed by atoms with Crippen molar-refractivity contribution in [2.75, 3.05) is 0 Å². The molecule has 0 spiro atoms. The van der Waals surface area contributed by atoms with Crippen LogP contribution in [0.1, 0.15) is 50.3 Å². The normalized spacial score (nSPS) is 25.9. The van der Waals surface area contributed by atoms with Crippen LogP contribution in [0.25, 0.3) is 0 Å². The molecule has 1 aliphatic heterocycles. The van der Waals surface area contributed by atoms with Gasteiger partial charge in [-0.15, -0.1) is 0 Å². The van der Waals surface area contributed by atoms with Gasteiger partial charge in [0.1, 0.15) is 0 Å². The molecule has 1 unspecified atom stereocenters. The van der Waals surface area contributed by atoms with E-state index in [-0.39, 0.29) is 17.8 Å². The van der Waals surface area contributed by atoms with Crippen LogP contribution in [0.2, 0.25) is 0 Å². The molecule has 2 rings (SSSR count). The van der Waals surface area contributed by atoms with Crippen molar-refractivity contribution in [1.29, 1.82) is 0 Å². The summed E-state index contributed by atoms with van der Waals surface area (Å²) in [5, 5.41) is 0. The molecule has 0 N–H and O–H groups in total. The van der Waals surface area contributed by atoms with Crippen molar-refractivity contribution in [1.82, 2.24) is 0 Å². The Hall–Kier alpha value is -0.960. The van der Waals surface area contributed by atoms with Crippen LogP contribution in [-0.4, -0.2) is 6.10 Å². The van der Waals surface area contributed by atoms with Crippen LogP contribution in [0.4, 0.5) is 8.78 Å². The maximum atomic E-state index is 13.2. The summed E-state index contributed by atoms with van der Waals surface area (Å²) in [5.74, 6) is -2.78. The van der Waals surface area contributed by atoms with Crippen LogP contribution in [0, 0.1) is 0 Å². The monoisotopic (exact) mass is 240 g/mol. The number of halogens is 2. The summed E-state index contributed by atoms with van der Waals surface area (Å²) in [7, 11) is 0. The second-order valence-electron chi connectivity index (χ2n) is 4.88. The van der Waals surface area contributed by atoms with E-state index in [1.54, 1.807) is 12.1 Å². The minimum atomic E-state index is -2.78. The van der Waals surface area contributed by atoms with Gasteiger partial charge in [-0.05, 0) is 37.8 Å². The lowest BCUT2D eigenvalue weighted by Crippen LogP contribution is -2.19. The minimum absolute atomic E-state index is 0.0268. The highest BCUT2D eigenvalue weighted by molar-refractivity contribution is 5.28. The van der Waals surface area contributed by atoms with Crippen molar-refractivity contribution in [2.24, 2.45) is 0 Å². The first-order chi connectivity index (χ1) is 7.97. The molecule has 1 aromatic carbocycles. The SMILES string of the molecule is C[C@H]1CCCC(c2cccc(C(C)(F)F)c2)O1. The Morgan fingerprint density at radius 1 is 1.29 bits per heavy atom. The van der Waals surface area contributed by atoms with Crippen molar-refractivity contribution in [3.63, 3.8) is 0 Å². The highest BCUT2D eigenvalue weighted by Gasteiger charge is 2.26. The van der Waals surface area contributed by atoms with Crippen molar-refractivity contribution < 1.29 is 13.5 Å².